The van der Waals surface area contributed by atoms with Gasteiger partial charge in [-0.05, 0) is 96.5 Å². The van der Waals surface area contributed by atoms with Gasteiger partial charge in [0.15, 0.2) is 0 Å². The van der Waals surface area contributed by atoms with Crippen LogP contribution in [-0.4, -0.2) is 64.0 Å². The van der Waals surface area contributed by atoms with Gasteiger partial charge in [-0.3, -0.25) is 9.69 Å². The summed E-state index contributed by atoms with van der Waals surface area (Å²) in [6, 6.07) is 17.5. The number of carbonyl (C=O) groups excluding carboxylic acids is 1. The van der Waals surface area contributed by atoms with E-state index in [4.69, 9.17) is 10.2 Å². The maximum absolute atomic E-state index is 13.7. The Kier molecular flexibility index (Phi) is 12.0. The molecule has 3 heterocycles. The van der Waals surface area contributed by atoms with Gasteiger partial charge in [0.25, 0.3) is 5.91 Å². The molecule has 2 aliphatic heterocycles. The maximum Gasteiger partial charge on any atom is 0.328 e. The number of benzene rings is 2. The van der Waals surface area contributed by atoms with E-state index >= 15 is 0 Å². The molecule has 2 aliphatic rings. The van der Waals surface area contributed by atoms with Crippen molar-refractivity contribution in [2.45, 2.75) is 52.0 Å². The van der Waals surface area contributed by atoms with Gasteiger partial charge in [0.05, 0.1) is 0 Å². The normalized spacial score (nSPS) is 15.5. The van der Waals surface area contributed by atoms with E-state index in [1.165, 1.54) is 33.6 Å². The molecule has 2 fully saturated rings. The lowest BCUT2D eigenvalue weighted by molar-refractivity contribution is -0.134. The van der Waals surface area contributed by atoms with Gasteiger partial charge in [-0.15, -0.1) is 11.3 Å². The standard InChI is InChI=1S/C31H35FN2OS.C4H4O4/c1-2-23-20-29(36-22-23)30(25-9-11-28(32)12-10-25)26-13-17-33(18-14-26)21-24-7-6-8-27(19-24)31(35)34-15-4-3-5-16-34;5-3(6)1-2-4(7)8/h6-12,19-20,22H,2-5,13-18,21H2,1H3;1-2H,(H,5,6)(H,7,8)/b;2-1+. The second-order valence-corrected chi connectivity index (χ2v) is 11.9. The number of nitrogens with zero attached hydrogens (tertiary/aromatic N) is 2. The van der Waals surface area contributed by atoms with Crippen LogP contribution in [0.25, 0.3) is 5.57 Å². The zero-order valence-corrected chi connectivity index (χ0v) is 25.8. The largest absolute Gasteiger partial charge is 0.478 e. The molecule has 2 saturated heterocycles. The fraction of sp³-hybridized carbons (Fsp3) is 0.343. The number of aliphatic carboxylic acids is 2. The first-order valence-corrected chi connectivity index (χ1v) is 15.9. The first-order chi connectivity index (χ1) is 21.2. The highest BCUT2D eigenvalue weighted by molar-refractivity contribution is 7.11. The Balaban J connectivity index is 0.000000488. The molecule has 7 nitrogen and oxygen atoms in total. The summed E-state index contributed by atoms with van der Waals surface area (Å²) >= 11 is 1.79. The van der Waals surface area contributed by atoms with Gasteiger partial charge in [0.1, 0.15) is 5.82 Å². The number of halogens is 1. The summed E-state index contributed by atoms with van der Waals surface area (Å²) in [5, 5.41) is 17.9. The van der Waals surface area contributed by atoms with Crippen LogP contribution in [0.1, 0.15) is 71.0 Å². The van der Waals surface area contributed by atoms with Crippen LogP contribution in [0.3, 0.4) is 0 Å². The Morgan fingerprint density at radius 3 is 2.09 bits per heavy atom. The minimum absolute atomic E-state index is 0.173. The second-order valence-electron chi connectivity index (χ2n) is 11.0. The molecule has 0 radical (unpaired) electrons. The van der Waals surface area contributed by atoms with Crippen molar-refractivity contribution >= 4 is 34.8 Å². The van der Waals surface area contributed by atoms with Crippen molar-refractivity contribution in [1.29, 1.82) is 0 Å². The fourth-order valence-corrected chi connectivity index (χ4v) is 6.66. The molecule has 2 aromatic carbocycles. The van der Waals surface area contributed by atoms with Gasteiger partial charge in [0.2, 0.25) is 0 Å². The fourth-order valence-electron chi connectivity index (χ4n) is 5.54. The Hall–Kier alpha value is -4.08. The number of carbonyl (C=O) groups is 3. The lowest BCUT2D eigenvalue weighted by Gasteiger charge is -2.30. The maximum atomic E-state index is 13.7. The second kappa shape index (κ2) is 16.1. The van der Waals surface area contributed by atoms with Crippen molar-refractivity contribution in [2.75, 3.05) is 26.2 Å². The number of piperidine rings is 2. The van der Waals surface area contributed by atoms with Crippen molar-refractivity contribution < 1.29 is 29.0 Å². The molecule has 9 heteroatoms. The van der Waals surface area contributed by atoms with Gasteiger partial charge in [0, 0.05) is 55.3 Å². The van der Waals surface area contributed by atoms with Gasteiger partial charge in [-0.2, -0.15) is 0 Å². The van der Waals surface area contributed by atoms with E-state index in [9.17, 15) is 18.8 Å². The Morgan fingerprint density at radius 1 is 0.841 bits per heavy atom. The first kappa shape index (κ1) is 32.8. The summed E-state index contributed by atoms with van der Waals surface area (Å²) in [7, 11) is 0. The third-order valence-corrected chi connectivity index (χ3v) is 8.84. The van der Waals surface area contributed by atoms with Crippen molar-refractivity contribution in [3.05, 3.63) is 111 Å². The molecule has 0 spiro atoms. The zero-order chi connectivity index (χ0) is 31.5. The van der Waals surface area contributed by atoms with Crippen molar-refractivity contribution in [2.24, 2.45) is 0 Å². The molecule has 1 aromatic heterocycles. The smallest absolute Gasteiger partial charge is 0.328 e. The molecule has 1 amide bonds. The van der Waals surface area contributed by atoms with E-state index < -0.39 is 11.9 Å². The molecular formula is C35H39FN2O5S. The molecule has 2 N–H and O–H groups in total. The lowest BCUT2D eigenvalue weighted by atomic mass is 9.91. The third-order valence-electron chi connectivity index (χ3n) is 7.85. The average Bonchev–Trinajstić information content (AvgIpc) is 3.51. The van der Waals surface area contributed by atoms with E-state index in [0.717, 1.165) is 76.0 Å². The van der Waals surface area contributed by atoms with Crippen LogP contribution in [0.15, 0.2) is 77.7 Å². The van der Waals surface area contributed by atoms with Gasteiger partial charge in [-0.25, -0.2) is 14.0 Å². The van der Waals surface area contributed by atoms with Crippen LogP contribution in [0.4, 0.5) is 4.39 Å². The minimum atomic E-state index is -1.26. The molecule has 3 aromatic rings. The molecule has 0 unspecified atom stereocenters. The van der Waals surface area contributed by atoms with Crippen molar-refractivity contribution in [1.82, 2.24) is 9.80 Å². The van der Waals surface area contributed by atoms with Gasteiger partial charge in [-0.1, -0.05) is 36.8 Å². The van der Waals surface area contributed by atoms with E-state index in [1.54, 1.807) is 23.5 Å². The van der Waals surface area contributed by atoms with E-state index in [0.29, 0.717) is 12.2 Å². The molecule has 0 atom stereocenters. The molecule has 0 bridgehead atoms. The number of carboxylic acid groups (broad SMARTS) is 2. The number of hydrogen-bond donors (Lipinski definition) is 2. The number of carboxylic acids is 2. The van der Waals surface area contributed by atoms with Crippen LogP contribution in [0.5, 0.6) is 0 Å². The summed E-state index contributed by atoms with van der Waals surface area (Å²) < 4.78 is 13.7. The van der Waals surface area contributed by atoms with E-state index in [-0.39, 0.29) is 11.7 Å². The topological polar surface area (TPSA) is 98.2 Å². The Bertz CT molecular complexity index is 1480. The molecular weight excluding hydrogens is 579 g/mol. The highest BCUT2D eigenvalue weighted by Gasteiger charge is 2.22. The van der Waals surface area contributed by atoms with Crippen LogP contribution in [0, 0.1) is 5.82 Å². The number of aryl methyl sites for hydroxylation is 1. The zero-order valence-electron chi connectivity index (χ0n) is 25.0. The minimum Gasteiger partial charge on any atom is -0.478 e. The highest BCUT2D eigenvalue weighted by atomic mass is 32.1. The van der Waals surface area contributed by atoms with Crippen LogP contribution in [-0.2, 0) is 22.6 Å². The number of rotatable bonds is 8. The lowest BCUT2D eigenvalue weighted by Crippen LogP contribution is -2.35. The Labute approximate surface area is 261 Å². The summed E-state index contributed by atoms with van der Waals surface area (Å²) in [6.45, 7) is 6.77. The summed E-state index contributed by atoms with van der Waals surface area (Å²) in [5.74, 6) is -2.54. The highest BCUT2D eigenvalue weighted by Crippen LogP contribution is 2.36. The molecule has 44 heavy (non-hydrogen) atoms. The predicted octanol–water partition coefficient (Wildman–Crippen LogP) is 6.89. The quantitative estimate of drug-likeness (QED) is 0.267. The summed E-state index contributed by atoms with van der Waals surface area (Å²) in [6.07, 6.45) is 7.59. The Morgan fingerprint density at radius 2 is 1.50 bits per heavy atom. The number of likely N-dealkylation sites (tertiary alicyclic amines) is 2. The van der Waals surface area contributed by atoms with Crippen LogP contribution < -0.4 is 0 Å². The number of amides is 1. The monoisotopic (exact) mass is 618 g/mol. The van der Waals surface area contributed by atoms with E-state index in [2.05, 4.69) is 35.4 Å². The number of hydrogen-bond acceptors (Lipinski definition) is 5. The molecule has 0 aliphatic carbocycles. The van der Waals surface area contributed by atoms with Gasteiger partial charge >= 0.3 is 11.9 Å². The van der Waals surface area contributed by atoms with Crippen LogP contribution >= 0.6 is 11.3 Å². The van der Waals surface area contributed by atoms with E-state index in [1.807, 2.05) is 29.2 Å². The SMILES string of the molecule is CCc1csc(C(=C2CCN(Cc3cccc(C(=O)N4CCCCC4)c3)CC2)c2ccc(F)cc2)c1.O=C(O)/C=C/C(=O)O. The van der Waals surface area contributed by atoms with Gasteiger partial charge < -0.3 is 15.1 Å². The predicted molar refractivity (Wildman–Crippen MR) is 171 cm³/mol. The summed E-state index contributed by atoms with van der Waals surface area (Å²) in [4.78, 5) is 37.8. The summed E-state index contributed by atoms with van der Waals surface area (Å²) in [5.41, 5.74) is 7.22. The molecule has 232 valence electrons. The molecule has 0 saturated carbocycles. The van der Waals surface area contributed by atoms with Crippen molar-refractivity contribution in [3.8, 4) is 0 Å². The average molecular weight is 619 g/mol. The van der Waals surface area contributed by atoms with Crippen molar-refractivity contribution in [3.63, 3.8) is 0 Å². The number of thiophene rings is 1. The van der Waals surface area contributed by atoms with Crippen LogP contribution in [0.2, 0.25) is 0 Å². The first-order valence-electron chi connectivity index (χ1n) is 15.0. The molecule has 5 rings (SSSR count). The third kappa shape index (κ3) is 9.46.